The van der Waals surface area contributed by atoms with Crippen molar-refractivity contribution in [1.82, 2.24) is 0 Å². The largest absolute Gasteiger partial charge is 0.0711 e. The number of rotatable bonds is 0. The van der Waals surface area contributed by atoms with E-state index in [-0.39, 0.29) is 0 Å². The third kappa shape index (κ3) is 1.31. The van der Waals surface area contributed by atoms with E-state index >= 15 is 0 Å². The first-order valence-electron chi connectivity index (χ1n) is 2.32. The summed E-state index contributed by atoms with van der Waals surface area (Å²) in [6, 6.07) is 7.94. The summed E-state index contributed by atoms with van der Waals surface area (Å²) < 4.78 is 0. The Morgan fingerprint density at radius 2 is 1.00 bits per heavy atom. The van der Waals surface area contributed by atoms with Gasteiger partial charge in [0, 0.05) is 0 Å². The van der Waals surface area contributed by atoms with Crippen LogP contribution in [0.5, 0.6) is 0 Å². The summed E-state index contributed by atoms with van der Waals surface area (Å²) >= 11 is 0. The standard InChI is InChI=1S/C6H4Si2/c7-5-1-2-6(8)4-3-5/h1-4H. The van der Waals surface area contributed by atoms with E-state index in [4.69, 9.17) is 0 Å². The molecule has 0 bridgehead atoms. The van der Waals surface area contributed by atoms with Crippen molar-refractivity contribution in [3.05, 3.63) is 24.3 Å². The number of hydrogen-bond donors (Lipinski definition) is 0. The van der Waals surface area contributed by atoms with Gasteiger partial charge >= 0.3 is 0 Å². The summed E-state index contributed by atoms with van der Waals surface area (Å²) in [5.41, 5.74) is 0. The fourth-order valence-corrected chi connectivity index (χ4v) is 0.804. The van der Waals surface area contributed by atoms with E-state index in [1.54, 1.807) is 0 Å². The van der Waals surface area contributed by atoms with Crippen molar-refractivity contribution in [2.24, 2.45) is 0 Å². The summed E-state index contributed by atoms with van der Waals surface area (Å²) in [5, 5.41) is 2.21. The predicted molar refractivity (Wildman–Crippen MR) is 37.2 cm³/mol. The number of benzene rings is 1. The quantitative estimate of drug-likeness (QED) is 0.409. The molecule has 8 heavy (non-hydrogen) atoms. The molecular weight excluding hydrogens is 128 g/mol. The van der Waals surface area contributed by atoms with Gasteiger partial charge in [-0.3, -0.25) is 0 Å². The van der Waals surface area contributed by atoms with Crippen LogP contribution in [0.4, 0.5) is 0 Å². The second-order valence-corrected chi connectivity index (χ2v) is 2.73. The first-order valence-corrected chi connectivity index (χ1v) is 3.32. The molecule has 1 aromatic carbocycles. The Kier molecular flexibility index (Phi) is 1.65. The van der Waals surface area contributed by atoms with Crippen molar-refractivity contribution >= 4 is 30.9 Å². The van der Waals surface area contributed by atoms with Crippen molar-refractivity contribution in [2.75, 3.05) is 0 Å². The SMILES string of the molecule is [Si]c1ccc([Si])cc1. The molecular formula is C6H4Si2. The molecule has 0 fully saturated rings. The topological polar surface area (TPSA) is 0 Å². The summed E-state index contributed by atoms with van der Waals surface area (Å²) in [7, 11) is 6.74. The van der Waals surface area contributed by atoms with Gasteiger partial charge in [-0.2, -0.15) is 0 Å². The van der Waals surface area contributed by atoms with Crippen molar-refractivity contribution in [1.29, 1.82) is 0 Å². The molecule has 0 aromatic heterocycles. The summed E-state index contributed by atoms with van der Waals surface area (Å²) in [6.07, 6.45) is 0. The molecule has 36 valence electrons. The van der Waals surface area contributed by atoms with Gasteiger partial charge in [0.25, 0.3) is 0 Å². The minimum Gasteiger partial charge on any atom is -0.0674 e. The van der Waals surface area contributed by atoms with E-state index in [1.165, 1.54) is 0 Å². The predicted octanol–water partition coefficient (Wildman–Crippen LogP) is -0.726. The molecule has 1 aromatic rings. The van der Waals surface area contributed by atoms with Crippen LogP contribution in [0, 0.1) is 0 Å². The van der Waals surface area contributed by atoms with Crippen LogP contribution in [0.2, 0.25) is 0 Å². The highest BCUT2D eigenvalue weighted by atomic mass is 28.1. The fourth-order valence-electron chi connectivity index (χ4n) is 0.470. The van der Waals surface area contributed by atoms with Crippen LogP contribution in [0.15, 0.2) is 24.3 Å². The Labute approximate surface area is 55.8 Å². The van der Waals surface area contributed by atoms with Crippen molar-refractivity contribution in [2.45, 2.75) is 0 Å². The lowest BCUT2D eigenvalue weighted by Crippen LogP contribution is -2.07. The molecule has 0 saturated carbocycles. The number of hydrogen-bond acceptors (Lipinski definition) is 0. The second-order valence-electron chi connectivity index (χ2n) is 1.58. The van der Waals surface area contributed by atoms with Gasteiger partial charge in [0.2, 0.25) is 0 Å². The molecule has 1 rings (SSSR count). The van der Waals surface area contributed by atoms with E-state index in [0.29, 0.717) is 0 Å². The minimum atomic E-state index is 1.10. The highest BCUT2D eigenvalue weighted by Gasteiger charge is 1.80. The van der Waals surface area contributed by atoms with Gasteiger partial charge in [-0.25, -0.2) is 0 Å². The highest BCUT2D eigenvalue weighted by molar-refractivity contribution is 6.35. The molecule has 6 radical (unpaired) electrons. The van der Waals surface area contributed by atoms with Gasteiger partial charge < -0.3 is 0 Å². The van der Waals surface area contributed by atoms with Crippen molar-refractivity contribution in [3.8, 4) is 0 Å². The zero-order chi connectivity index (χ0) is 5.98. The van der Waals surface area contributed by atoms with E-state index in [1.807, 2.05) is 24.3 Å². The molecule has 0 N–H and O–H groups in total. The van der Waals surface area contributed by atoms with Crippen LogP contribution in [-0.2, 0) is 0 Å². The van der Waals surface area contributed by atoms with Crippen LogP contribution < -0.4 is 10.4 Å². The third-order valence-corrected chi connectivity index (χ3v) is 1.55. The molecule has 0 unspecified atom stereocenters. The maximum Gasteiger partial charge on any atom is 0.0711 e. The molecule has 0 atom stereocenters. The van der Waals surface area contributed by atoms with Gasteiger partial charge in [-0.1, -0.05) is 34.6 Å². The van der Waals surface area contributed by atoms with E-state index in [9.17, 15) is 0 Å². The Morgan fingerprint density at radius 1 is 0.750 bits per heavy atom. The molecule has 0 spiro atoms. The molecule has 0 heterocycles. The summed E-state index contributed by atoms with van der Waals surface area (Å²) in [6.45, 7) is 0. The lowest BCUT2D eigenvalue weighted by molar-refractivity contribution is 1.85. The van der Waals surface area contributed by atoms with Gasteiger partial charge in [0.05, 0.1) is 20.5 Å². The third-order valence-electron chi connectivity index (χ3n) is 0.885. The lowest BCUT2D eigenvalue weighted by atomic mass is 10.4. The summed E-state index contributed by atoms with van der Waals surface area (Å²) in [4.78, 5) is 0. The van der Waals surface area contributed by atoms with Crippen molar-refractivity contribution in [3.63, 3.8) is 0 Å². The minimum absolute atomic E-state index is 1.10. The van der Waals surface area contributed by atoms with E-state index < -0.39 is 0 Å². The monoisotopic (exact) mass is 132 g/mol. The van der Waals surface area contributed by atoms with Gasteiger partial charge in [0.1, 0.15) is 0 Å². The Hall–Kier alpha value is -0.346. The highest BCUT2D eigenvalue weighted by Crippen LogP contribution is 1.72. The molecule has 0 aliphatic heterocycles. The van der Waals surface area contributed by atoms with Crippen molar-refractivity contribution < 1.29 is 0 Å². The van der Waals surface area contributed by atoms with Gasteiger partial charge in [0.15, 0.2) is 0 Å². The average Bonchev–Trinajstić information content (AvgIpc) is 1.77. The smallest absolute Gasteiger partial charge is 0.0674 e. The van der Waals surface area contributed by atoms with E-state index in [0.717, 1.165) is 10.4 Å². The van der Waals surface area contributed by atoms with Crippen LogP contribution in [0.3, 0.4) is 0 Å². The maximum absolute atomic E-state index is 3.37. The maximum atomic E-state index is 3.37. The fraction of sp³-hybridized carbons (Fsp3) is 0. The normalized spacial score (nSPS) is 9.25. The zero-order valence-electron chi connectivity index (χ0n) is 4.31. The molecule has 0 aliphatic rings. The Bertz CT molecular complexity index is 145. The molecule has 2 heteroatoms. The van der Waals surface area contributed by atoms with Crippen LogP contribution in [0.25, 0.3) is 0 Å². The van der Waals surface area contributed by atoms with E-state index in [2.05, 4.69) is 20.5 Å². The Balaban J connectivity index is 3.03. The lowest BCUT2D eigenvalue weighted by Gasteiger charge is -1.89. The second kappa shape index (κ2) is 2.28. The molecule has 0 aliphatic carbocycles. The van der Waals surface area contributed by atoms with Gasteiger partial charge in [-0.05, 0) is 0 Å². The first-order chi connectivity index (χ1) is 3.79. The Morgan fingerprint density at radius 3 is 1.25 bits per heavy atom. The molecule has 0 nitrogen and oxygen atoms in total. The zero-order valence-corrected chi connectivity index (χ0v) is 6.31. The first kappa shape index (κ1) is 5.78. The molecule has 0 amide bonds. The average molecular weight is 132 g/mol. The van der Waals surface area contributed by atoms with Gasteiger partial charge in [-0.15, -0.1) is 0 Å². The van der Waals surface area contributed by atoms with Crippen LogP contribution in [0.1, 0.15) is 0 Å². The summed E-state index contributed by atoms with van der Waals surface area (Å²) in [5.74, 6) is 0. The molecule has 0 saturated heterocycles. The van der Waals surface area contributed by atoms with Crippen LogP contribution >= 0.6 is 0 Å². The van der Waals surface area contributed by atoms with Crippen LogP contribution in [-0.4, -0.2) is 20.5 Å².